The van der Waals surface area contributed by atoms with E-state index in [-0.39, 0.29) is 17.5 Å². The number of rotatable bonds is 8. The number of ether oxygens (including phenoxy) is 1. The standard InChI is InChI=1S/C18H15Cl2F3N4O2S/c1-2-7-30-17-26-25-16(18(21,22)23)27(17)24-9-12-4-5-13(29-12)10-28-15-6-3-11(19)8-14(15)20/h3-6,8-9H,2,7,10H2,1H3/b24-9-. The van der Waals surface area contributed by atoms with E-state index in [0.29, 0.717) is 32.0 Å². The number of hydrogen-bond acceptors (Lipinski definition) is 6. The fraction of sp³-hybridized carbons (Fsp3) is 0.278. The van der Waals surface area contributed by atoms with Gasteiger partial charge in [-0.05, 0) is 36.8 Å². The number of hydrogen-bond donors (Lipinski definition) is 0. The van der Waals surface area contributed by atoms with E-state index in [1.54, 1.807) is 30.3 Å². The lowest BCUT2D eigenvalue weighted by molar-refractivity contribution is -0.147. The summed E-state index contributed by atoms with van der Waals surface area (Å²) in [5.41, 5.74) is 0. The van der Waals surface area contributed by atoms with Crippen LogP contribution in [0, 0.1) is 0 Å². The van der Waals surface area contributed by atoms with Crippen LogP contribution in [-0.4, -0.2) is 26.8 Å². The van der Waals surface area contributed by atoms with E-state index in [2.05, 4.69) is 15.3 Å². The van der Waals surface area contributed by atoms with Gasteiger partial charge in [-0.3, -0.25) is 0 Å². The summed E-state index contributed by atoms with van der Waals surface area (Å²) in [5, 5.41) is 11.5. The number of aromatic nitrogens is 3. The zero-order chi connectivity index (χ0) is 21.7. The van der Waals surface area contributed by atoms with E-state index in [4.69, 9.17) is 32.4 Å². The van der Waals surface area contributed by atoms with Crippen LogP contribution in [0.2, 0.25) is 10.0 Å². The number of thioether (sulfide) groups is 1. The van der Waals surface area contributed by atoms with Crippen LogP contribution in [0.5, 0.6) is 5.75 Å². The van der Waals surface area contributed by atoms with Crippen molar-refractivity contribution >= 4 is 41.2 Å². The van der Waals surface area contributed by atoms with Crippen LogP contribution in [0.25, 0.3) is 0 Å². The van der Waals surface area contributed by atoms with Crippen LogP contribution < -0.4 is 4.74 Å². The molecular formula is C18H15Cl2F3N4O2S. The van der Waals surface area contributed by atoms with E-state index in [9.17, 15) is 13.2 Å². The van der Waals surface area contributed by atoms with Gasteiger partial charge in [0.15, 0.2) is 0 Å². The number of furan rings is 1. The summed E-state index contributed by atoms with van der Waals surface area (Å²) >= 11 is 13.0. The Kier molecular flexibility index (Phi) is 7.32. The Morgan fingerprint density at radius 3 is 2.73 bits per heavy atom. The van der Waals surface area contributed by atoms with E-state index in [1.165, 1.54) is 0 Å². The maximum absolute atomic E-state index is 13.2. The summed E-state index contributed by atoms with van der Waals surface area (Å²) in [6.45, 7) is 1.97. The second-order valence-corrected chi connectivity index (χ2v) is 7.78. The highest BCUT2D eigenvalue weighted by Crippen LogP contribution is 2.31. The third kappa shape index (κ3) is 5.71. The molecule has 160 valence electrons. The molecule has 0 amide bonds. The zero-order valence-corrected chi connectivity index (χ0v) is 17.8. The summed E-state index contributed by atoms with van der Waals surface area (Å²) in [5.74, 6) is 0.474. The van der Waals surface area contributed by atoms with Crippen molar-refractivity contribution in [2.24, 2.45) is 5.10 Å². The molecule has 12 heteroatoms. The third-order valence-electron chi connectivity index (χ3n) is 3.55. The molecule has 30 heavy (non-hydrogen) atoms. The lowest BCUT2D eigenvalue weighted by atomic mass is 10.3. The molecule has 6 nitrogen and oxygen atoms in total. The van der Waals surface area contributed by atoms with Gasteiger partial charge in [0.05, 0.1) is 11.2 Å². The highest BCUT2D eigenvalue weighted by atomic mass is 35.5. The number of halogens is 5. The van der Waals surface area contributed by atoms with Crippen molar-refractivity contribution < 1.29 is 22.3 Å². The van der Waals surface area contributed by atoms with Crippen LogP contribution in [-0.2, 0) is 12.8 Å². The maximum atomic E-state index is 13.2. The van der Waals surface area contributed by atoms with Gasteiger partial charge in [0.25, 0.3) is 5.82 Å². The maximum Gasteiger partial charge on any atom is 0.453 e. The molecule has 3 aromatic rings. The van der Waals surface area contributed by atoms with Crippen LogP contribution in [0.3, 0.4) is 0 Å². The Morgan fingerprint density at radius 2 is 2.03 bits per heavy atom. The van der Waals surface area contributed by atoms with Gasteiger partial charge in [0, 0.05) is 10.8 Å². The number of benzene rings is 1. The first-order chi connectivity index (χ1) is 14.3. The average molecular weight is 479 g/mol. The highest BCUT2D eigenvalue weighted by Gasteiger charge is 2.39. The molecule has 0 spiro atoms. The predicted octanol–water partition coefficient (Wildman–Crippen LogP) is 6.16. The molecule has 0 aliphatic rings. The first-order valence-electron chi connectivity index (χ1n) is 8.64. The van der Waals surface area contributed by atoms with E-state index in [1.807, 2.05) is 6.92 Å². The van der Waals surface area contributed by atoms with Gasteiger partial charge >= 0.3 is 6.18 Å². The van der Waals surface area contributed by atoms with E-state index in [0.717, 1.165) is 24.4 Å². The van der Waals surface area contributed by atoms with Crippen molar-refractivity contribution in [3.05, 3.63) is 57.7 Å². The summed E-state index contributed by atoms with van der Waals surface area (Å²) in [7, 11) is 0. The molecule has 0 fully saturated rings. The lowest BCUT2D eigenvalue weighted by Crippen LogP contribution is -2.13. The smallest absolute Gasteiger partial charge is 0.453 e. The summed E-state index contributed by atoms with van der Waals surface area (Å²) in [6.07, 6.45) is -2.76. The van der Waals surface area contributed by atoms with Gasteiger partial charge < -0.3 is 9.15 Å². The third-order valence-corrected chi connectivity index (χ3v) is 5.20. The van der Waals surface area contributed by atoms with Crippen molar-refractivity contribution in [3.63, 3.8) is 0 Å². The SMILES string of the molecule is CCCSc1nnc(C(F)(F)F)n1/N=C\c1ccc(COc2ccc(Cl)cc2Cl)o1. The van der Waals surface area contributed by atoms with E-state index < -0.39 is 12.0 Å². The molecule has 2 aromatic heterocycles. The van der Waals surface area contributed by atoms with Crippen molar-refractivity contribution in [1.29, 1.82) is 0 Å². The van der Waals surface area contributed by atoms with E-state index >= 15 is 0 Å². The van der Waals surface area contributed by atoms with Gasteiger partial charge in [-0.25, -0.2) is 0 Å². The molecule has 0 saturated carbocycles. The first-order valence-corrected chi connectivity index (χ1v) is 10.4. The second-order valence-electron chi connectivity index (χ2n) is 5.88. The Balaban J connectivity index is 1.73. The summed E-state index contributed by atoms with van der Waals surface area (Å²) in [6, 6.07) is 7.98. The largest absolute Gasteiger partial charge is 0.484 e. The zero-order valence-electron chi connectivity index (χ0n) is 15.5. The molecule has 0 aliphatic heterocycles. The minimum atomic E-state index is -4.69. The molecule has 2 heterocycles. The molecule has 0 atom stereocenters. The molecular weight excluding hydrogens is 464 g/mol. The van der Waals surface area contributed by atoms with Gasteiger partial charge in [-0.2, -0.15) is 22.9 Å². The molecule has 0 unspecified atom stereocenters. The Hall–Kier alpha value is -2.17. The number of alkyl halides is 3. The van der Waals surface area contributed by atoms with Gasteiger partial charge in [0.2, 0.25) is 5.16 Å². The molecule has 0 aliphatic carbocycles. The van der Waals surface area contributed by atoms with Crippen LogP contribution in [0.4, 0.5) is 13.2 Å². The Labute approximate surface area is 184 Å². The van der Waals surface area contributed by atoms with Gasteiger partial charge in [0.1, 0.15) is 23.9 Å². The summed E-state index contributed by atoms with van der Waals surface area (Å²) in [4.78, 5) is 0. The Bertz CT molecular complexity index is 1040. The lowest BCUT2D eigenvalue weighted by Gasteiger charge is -2.06. The first kappa shape index (κ1) is 22.5. The van der Waals surface area contributed by atoms with Crippen molar-refractivity contribution in [1.82, 2.24) is 14.9 Å². The topological polar surface area (TPSA) is 65.4 Å². The van der Waals surface area contributed by atoms with Crippen LogP contribution in [0.1, 0.15) is 30.7 Å². The van der Waals surface area contributed by atoms with Crippen molar-refractivity contribution in [3.8, 4) is 5.75 Å². The fourth-order valence-corrected chi connectivity index (χ4v) is 3.43. The summed E-state index contributed by atoms with van der Waals surface area (Å²) < 4.78 is 51.3. The van der Waals surface area contributed by atoms with Crippen LogP contribution >= 0.6 is 35.0 Å². The average Bonchev–Trinajstić information content (AvgIpc) is 3.30. The number of nitrogens with zero attached hydrogens (tertiary/aromatic N) is 4. The monoisotopic (exact) mass is 478 g/mol. The quantitative estimate of drug-likeness (QED) is 0.286. The molecule has 3 rings (SSSR count). The minimum absolute atomic E-state index is 0.0490. The molecule has 1 aromatic carbocycles. The van der Waals surface area contributed by atoms with Crippen molar-refractivity contribution in [2.45, 2.75) is 31.3 Å². The molecule has 0 radical (unpaired) electrons. The van der Waals surface area contributed by atoms with Crippen LogP contribution in [0.15, 0.2) is 45.0 Å². The van der Waals surface area contributed by atoms with Crippen molar-refractivity contribution in [2.75, 3.05) is 5.75 Å². The second kappa shape index (κ2) is 9.76. The fourth-order valence-electron chi connectivity index (χ4n) is 2.23. The predicted molar refractivity (Wildman–Crippen MR) is 109 cm³/mol. The molecule has 0 bridgehead atoms. The van der Waals surface area contributed by atoms with Gasteiger partial charge in [-0.15, -0.1) is 10.2 Å². The Morgan fingerprint density at radius 1 is 1.23 bits per heavy atom. The highest BCUT2D eigenvalue weighted by molar-refractivity contribution is 7.99. The minimum Gasteiger partial charge on any atom is -0.484 e. The normalized spacial score (nSPS) is 12.1. The molecule has 0 N–H and O–H groups in total. The molecule has 0 saturated heterocycles. The van der Waals surface area contributed by atoms with Gasteiger partial charge in [-0.1, -0.05) is 41.9 Å².